The monoisotopic (exact) mass is 214 g/mol. The Kier molecular flexibility index (Phi) is 2.97. The van der Waals surface area contributed by atoms with Crippen LogP contribution in [-0.4, -0.2) is 22.3 Å². The van der Waals surface area contributed by atoms with E-state index in [1.165, 1.54) is 11.3 Å². The Morgan fingerprint density at radius 1 is 1.57 bits per heavy atom. The summed E-state index contributed by atoms with van der Waals surface area (Å²) in [5.74, 6) is -1.18. The highest BCUT2D eigenvalue weighted by atomic mass is 32.1. The third kappa shape index (κ3) is 1.96. The van der Waals surface area contributed by atoms with Gasteiger partial charge in [-0.15, -0.1) is 11.3 Å². The molecule has 14 heavy (non-hydrogen) atoms. The van der Waals surface area contributed by atoms with E-state index in [0.29, 0.717) is 0 Å². The fraction of sp³-hybridized carbons (Fsp3) is 0.500. The molecule has 1 heterocycles. The second-order valence-corrected chi connectivity index (χ2v) is 4.86. The van der Waals surface area contributed by atoms with Crippen molar-refractivity contribution in [3.05, 3.63) is 21.9 Å². The van der Waals surface area contributed by atoms with Crippen molar-refractivity contribution in [2.45, 2.75) is 32.3 Å². The van der Waals surface area contributed by atoms with Crippen molar-refractivity contribution in [2.75, 3.05) is 0 Å². The van der Waals surface area contributed by atoms with Gasteiger partial charge in [0.05, 0.1) is 0 Å². The van der Waals surface area contributed by atoms with Crippen molar-refractivity contribution in [3.8, 4) is 0 Å². The standard InChI is InChI=1S/C10H14O3S/c1-6-4-7(14-5-6)10(2,3)8(11)9(12)13/h4-5,8,11H,1-3H3,(H,12,13). The highest BCUT2D eigenvalue weighted by Crippen LogP contribution is 2.32. The molecule has 78 valence electrons. The van der Waals surface area contributed by atoms with Gasteiger partial charge in [-0.2, -0.15) is 0 Å². The van der Waals surface area contributed by atoms with Crippen molar-refractivity contribution < 1.29 is 15.0 Å². The van der Waals surface area contributed by atoms with Crippen molar-refractivity contribution in [2.24, 2.45) is 0 Å². The molecule has 0 bridgehead atoms. The van der Waals surface area contributed by atoms with Gasteiger partial charge in [0.15, 0.2) is 6.10 Å². The van der Waals surface area contributed by atoms with Gasteiger partial charge in [0.1, 0.15) is 0 Å². The van der Waals surface area contributed by atoms with Crippen LogP contribution in [0.5, 0.6) is 0 Å². The number of carboxylic acids is 1. The summed E-state index contributed by atoms with van der Waals surface area (Å²) in [7, 11) is 0. The molecule has 0 fully saturated rings. The molecule has 2 N–H and O–H groups in total. The predicted octanol–water partition coefficient (Wildman–Crippen LogP) is 1.78. The van der Waals surface area contributed by atoms with Crippen LogP contribution in [0.3, 0.4) is 0 Å². The molecule has 1 unspecified atom stereocenters. The Balaban J connectivity index is 3.01. The quantitative estimate of drug-likeness (QED) is 0.806. The first-order valence-corrected chi connectivity index (χ1v) is 5.20. The molecule has 0 radical (unpaired) electrons. The third-order valence-corrected chi connectivity index (χ3v) is 3.67. The first kappa shape index (κ1) is 11.2. The molecule has 0 saturated heterocycles. The Labute approximate surface area is 87.0 Å². The number of hydrogen-bond donors (Lipinski definition) is 2. The highest BCUT2D eigenvalue weighted by Gasteiger charge is 2.36. The minimum absolute atomic E-state index is 0.731. The topological polar surface area (TPSA) is 57.5 Å². The normalized spacial score (nSPS) is 14.0. The molecule has 4 heteroatoms. The molecule has 0 aliphatic carbocycles. The average Bonchev–Trinajstić information content (AvgIpc) is 2.50. The van der Waals surface area contributed by atoms with E-state index in [4.69, 9.17) is 5.11 Å². The van der Waals surface area contributed by atoms with E-state index in [1.54, 1.807) is 13.8 Å². The lowest BCUT2D eigenvalue weighted by Gasteiger charge is -2.26. The molecule has 0 aliphatic heterocycles. The summed E-state index contributed by atoms with van der Waals surface area (Å²) < 4.78 is 0. The summed E-state index contributed by atoms with van der Waals surface area (Å²) in [5.41, 5.74) is 0.362. The van der Waals surface area contributed by atoms with Crippen molar-refractivity contribution >= 4 is 17.3 Å². The summed E-state index contributed by atoms with van der Waals surface area (Å²) in [6.07, 6.45) is -1.36. The maximum atomic E-state index is 10.7. The Bertz CT molecular complexity index is 341. The molecule has 0 spiro atoms. The molecule has 0 saturated carbocycles. The van der Waals surface area contributed by atoms with Gasteiger partial charge in [-0.25, -0.2) is 4.79 Å². The fourth-order valence-electron chi connectivity index (χ4n) is 1.21. The van der Waals surface area contributed by atoms with Crippen molar-refractivity contribution in [1.82, 2.24) is 0 Å². The fourth-order valence-corrected chi connectivity index (χ4v) is 2.26. The van der Waals surface area contributed by atoms with Gasteiger partial charge in [0.25, 0.3) is 0 Å². The summed E-state index contributed by atoms with van der Waals surface area (Å²) in [4.78, 5) is 11.6. The zero-order chi connectivity index (χ0) is 10.9. The SMILES string of the molecule is Cc1csc(C(C)(C)C(O)C(=O)O)c1. The van der Waals surface area contributed by atoms with Gasteiger partial charge in [-0.1, -0.05) is 13.8 Å². The molecule has 0 aliphatic rings. The van der Waals surface area contributed by atoms with Crippen LogP contribution in [0.2, 0.25) is 0 Å². The largest absolute Gasteiger partial charge is 0.479 e. The molecule has 0 aromatic carbocycles. The number of rotatable bonds is 3. The van der Waals surface area contributed by atoms with E-state index in [9.17, 15) is 9.90 Å². The van der Waals surface area contributed by atoms with Gasteiger partial charge in [0.2, 0.25) is 0 Å². The van der Waals surface area contributed by atoms with Crippen LogP contribution in [0, 0.1) is 6.92 Å². The van der Waals surface area contributed by atoms with Crippen LogP contribution in [0.25, 0.3) is 0 Å². The zero-order valence-electron chi connectivity index (χ0n) is 8.44. The molecular weight excluding hydrogens is 200 g/mol. The molecule has 1 rings (SSSR count). The zero-order valence-corrected chi connectivity index (χ0v) is 9.26. The first-order valence-electron chi connectivity index (χ1n) is 4.32. The Hall–Kier alpha value is -0.870. The van der Waals surface area contributed by atoms with Crippen molar-refractivity contribution in [3.63, 3.8) is 0 Å². The number of aryl methyl sites for hydroxylation is 1. The van der Waals surface area contributed by atoms with Gasteiger partial charge < -0.3 is 10.2 Å². The lowest BCUT2D eigenvalue weighted by Crippen LogP contribution is -2.39. The van der Waals surface area contributed by atoms with E-state index >= 15 is 0 Å². The van der Waals surface area contributed by atoms with Gasteiger partial charge in [0, 0.05) is 10.3 Å². The molecule has 3 nitrogen and oxygen atoms in total. The first-order chi connectivity index (χ1) is 6.35. The van der Waals surface area contributed by atoms with Crippen LogP contribution in [-0.2, 0) is 10.2 Å². The lowest BCUT2D eigenvalue weighted by atomic mass is 9.84. The van der Waals surface area contributed by atoms with E-state index in [-0.39, 0.29) is 0 Å². The lowest BCUT2D eigenvalue weighted by molar-refractivity contribution is -0.150. The van der Waals surface area contributed by atoms with Crippen LogP contribution in [0.15, 0.2) is 11.4 Å². The average molecular weight is 214 g/mol. The number of aliphatic hydroxyl groups excluding tert-OH is 1. The Morgan fingerprint density at radius 2 is 2.14 bits per heavy atom. The minimum atomic E-state index is -1.36. The van der Waals surface area contributed by atoms with Crippen LogP contribution < -0.4 is 0 Å². The maximum Gasteiger partial charge on any atom is 0.333 e. The number of carbonyl (C=O) groups is 1. The van der Waals surface area contributed by atoms with Crippen LogP contribution in [0.1, 0.15) is 24.3 Å². The van der Waals surface area contributed by atoms with E-state index in [0.717, 1.165) is 10.4 Å². The van der Waals surface area contributed by atoms with Gasteiger partial charge in [-0.05, 0) is 23.9 Å². The van der Waals surface area contributed by atoms with Gasteiger partial charge in [-0.3, -0.25) is 0 Å². The molecule has 1 aromatic rings. The van der Waals surface area contributed by atoms with E-state index < -0.39 is 17.5 Å². The second kappa shape index (κ2) is 3.71. The second-order valence-electron chi connectivity index (χ2n) is 3.95. The predicted molar refractivity (Wildman–Crippen MR) is 55.7 cm³/mol. The number of aliphatic carboxylic acids is 1. The maximum absolute atomic E-state index is 10.7. The van der Waals surface area contributed by atoms with E-state index in [2.05, 4.69) is 0 Å². The summed E-state index contributed by atoms with van der Waals surface area (Å²) in [6, 6.07) is 1.91. The van der Waals surface area contributed by atoms with Crippen molar-refractivity contribution in [1.29, 1.82) is 0 Å². The smallest absolute Gasteiger partial charge is 0.333 e. The highest BCUT2D eigenvalue weighted by molar-refractivity contribution is 7.10. The number of hydrogen-bond acceptors (Lipinski definition) is 3. The number of thiophene rings is 1. The number of aliphatic hydroxyl groups is 1. The molecular formula is C10H14O3S. The van der Waals surface area contributed by atoms with Crippen LogP contribution >= 0.6 is 11.3 Å². The minimum Gasteiger partial charge on any atom is -0.479 e. The van der Waals surface area contributed by atoms with Crippen LogP contribution in [0.4, 0.5) is 0 Å². The molecule has 1 atom stereocenters. The van der Waals surface area contributed by atoms with E-state index in [1.807, 2.05) is 18.4 Å². The van der Waals surface area contributed by atoms with Gasteiger partial charge >= 0.3 is 5.97 Å². The third-order valence-electron chi connectivity index (χ3n) is 2.28. The number of carboxylic acid groups (broad SMARTS) is 1. The summed E-state index contributed by atoms with van der Waals surface area (Å²) >= 11 is 1.48. The molecule has 1 aromatic heterocycles. The Morgan fingerprint density at radius 3 is 2.50 bits per heavy atom. The summed E-state index contributed by atoms with van der Waals surface area (Å²) in [6.45, 7) is 5.41. The molecule has 0 amide bonds. The summed E-state index contributed by atoms with van der Waals surface area (Å²) in [5, 5.41) is 20.2.